The Balaban J connectivity index is 1.70. The fourth-order valence-corrected chi connectivity index (χ4v) is 3.83. The lowest BCUT2D eigenvalue weighted by Gasteiger charge is -2.37. The van der Waals surface area contributed by atoms with Crippen molar-refractivity contribution in [2.75, 3.05) is 13.1 Å². The van der Waals surface area contributed by atoms with E-state index in [1.807, 2.05) is 0 Å². The van der Waals surface area contributed by atoms with E-state index in [0.29, 0.717) is 11.1 Å². The van der Waals surface area contributed by atoms with E-state index in [2.05, 4.69) is 4.98 Å². The van der Waals surface area contributed by atoms with Crippen LogP contribution < -0.4 is 4.74 Å². The summed E-state index contributed by atoms with van der Waals surface area (Å²) in [6.07, 6.45) is 1.08. The van der Waals surface area contributed by atoms with Gasteiger partial charge in [0.15, 0.2) is 0 Å². The Hall–Kier alpha value is -1.77. The summed E-state index contributed by atoms with van der Waals surface area (Å²) in [5.41, 5.74) is 0. The average Bonchev–Trinajstić information content (AvgIpc) is 2.42. The number of hydrogen-bond donors (Lipinski definition) is 0. The second kappa shape index (κ2) is 6.03. The molecule has 3 rings (SSSR count). The maximum absolute atomic E-state index is 13.2. The monoisotopic (exact) mass is 360 g/mol. The highest BCUT2D eigenvalue weighted by atomic mass is 35.5. The van der Waals surface area contributed by atoms with Crippen LogP contribution >= 0.6 is 11.6 Å². The van der Waals surface area contributed by atoms with Crippen LogP contribution in [0.5, 0.6) is 5.88 Å². The van der Waals surface area contributed by atoms with Gasteiger partial charge in [-0.2, -0.15) is 4.31 Å². The summed E-state index contributed by atoms with van der Waals surface area (Å²) < 4.78 is 57.5. The van der Waals surface area contributed by atoms with E-state index in [1.54, 1.807) is 12.1 Å². The van der Waals surface area contributed by atoms with E-state index in [9.17, 15) is 17.2 Å². The highest BCUT2D eigenvalue weighted by molar-refractivity contribution is 7.89. The predicted molar refractivity (Wildman–Crippen MR) is 78.8 cm³/mol. The molecule has 0 spiro atoms. The van der Waals surface area contributed by atoms with Crippen molar-refractivity contribution < 1.29 is 21.9 Å². The smallest absolute Gasteiger partial charge is 0.243 e. The van der Waals surface area contributed by atoms with Crippen LogP contribution in [0.3, 0.4) is 0 Å². The van der Waals surface area contributed by atoms with Gasteiger partial charge in [-0.25, -0.2) is 22.2 Å². The van der Waals surface area contributed by atoms with Gasteiger partial charge >= 0.3 is 0 Å². The molecule has 0 unspecified atom stereocenters. The minimum Gasteiger partial charge on any atom is -0.470 e. The van der Waals surface area contributed by atoms with Crippen LogP contribution in [0.1, 0.15) is 0 Å². The van der Waals surface area contributed by atoms with Crippen molar-refractivity contribution in [1.29, 1.82) is 0 Å². The fourth-order valence-electron chi connectivity index (χ4n) is 2.11. The quantitative estimate of drug-likeness (QED) is 0.840. The van der Waals surface area contributed by atoms with E-state index in [1.165, 1.54) is 6.20 Å². The Labute approximate surface area is 136 Å². The van der Waals surface area contributed by atoms with Crippen molar-refractivity contribution in [1.82, 2.24) is 9.29 Å². The van der Waals surface area contributed by atoms with E-state index in [0.717, 1.165) is 16.4 Å². The van der Waals surface area contributed by atoms with Gasteiger partial charge in [-0.15, -0.1) is 0 Å². The van der Waals surface area contributed by atoms with Crippen LogP contribution in [-0.2, 0) is 10.0 Å². The van der Waals surface area contributed by atoms with Gasteiger partial charge in [0, 0.05) is 12.3 Å². The zero-order chi connectivity index (χ0) is 16.6. The SMILES string of the molecule is O=S(=O)(c1cc(F)cc(F)c1)N1CC(Oc2ncccc2Cl)C1. The highest BCUT2D eigenvalue weighted by Gasteiger charge is 2.39. The first kappa shape index (κ1) is 16.1. The first-order valence-electron chi connectivity index (χ1n) is 6.59. The van der Waals surface area contributed by atoms with Crippen molar-refractivity contribution in [2.45, 2.75) is 11.0 Å². The van der Waals surface area contributed by atoms with Crippen LogP contribution in [0.2, 0.25) is 5.02 Å². The number of nitrogens with zero attached hydrogens (tertiary/aromatic N) is 2. The van der Waals surface area contributed by atoms with Gasteiger partial charge in [0.05, 0.1) is 18.0 Å². The molecule has 1 aromatic carbocycles. The van der Waals surface area contributed by atoms with Crippen molar-refractivity contribution in [3.8, 4) is 5.88 Å². The molecular weight excluding hydrogens is 350 g/mol. The van der Waals surface area contributed by atoms with Crippen molar-refractivity contribution >= 4 is 21.6 Å². The Morgan fingerprint density at radius 3 is 2.48 bits per heavy atom. The predicted octanol–water partition coefficient (Wildman–Crippen LogP) is 2.47. The molecule has 0 bridgehead atoms. The standard InChI is InChI=1S/C14H11ClF2N2O3S/c15-13-2-1-3-18-14(13)22-11-7-19(8-11)23(20,21)12-5-9(16)4-10(17)6-12/h1-6,11H,7-8H2. The number of sulfonamides is 1. The minimum atomic E-state index is -3.96. The zero-order valence-corrected chi connectivity index (χ0v) is 13.2. The van der Waals surface area contributed by atoms with Gasteiger partial charge in [-0.05, 0) is 24.3 Å². The molecule has 122 valence electrons. The molecule has 0 radical (unpaired) electrons. The third kappa shape index (κ3) is 3.29. The molecule has 1 aliphatic heterocycles. The van der Waals surface area contributed by atoms with Gasteiger partial charge in [0.2, 0.25) is 15.9 Å². The Bertz CT molecular complexity index is 821. The third-order valence-corrected chi connectivity index (χ3v) is 5.39. The fraction of sp³-hybridized carbons (Fsp3) is 0.214. The van der Waals surface area contributed by atoms with E-state index >= 15 is 0 Å². The number of rotatable bonds is 4. The molecule has 1 aliphatic rings. The summed E-state index contributed by atoms with van der Waals surface area (Å²) >= 11 is 5.90. The number of ether oxygens (including phenoxy) is 1. The molecule has 1 aromatic heterocycles. The molecule has 1 fully saturated rings. The summed E-state index contributed by atoms with van der Waals surface area (Å²) in [6, 6.07) is 5.42. The Morgan fingerprint density at radius 1 is 1.22 bits per heavy atom. The van der Waals surface area contributed by atoms with Gasteiger partial charge in [0.25, 0.3) is 0 Å². The van der Waals surface area contributed by atoms with E-state index in [-0.39, 0.29) is 19.0 Å². The third-order valence-electron chi connectivity index (χ3n) is 3.29. The molecule has 0 N–H and O–H groups in total. The Morgan fingerprint density at radius 2 is 1.87 bits per heavy atom. The van der Waals surface area contributed by atoms with Gasteiger partial charge in [0.1, 0.15) is 22.8 Å². The second-order valence-corrected chi connectivity index (χ2v) is 7.30. The van der Waals surface area contributed by atoms with Crippen molar-refractivity contribution in [2.24, 2.45) is 0 Å². The number of hydrogen-bond acceptors (Lipinski definition) is 4. The molecule has 5 nitrogen and oxygen atoms in total. The molecule has 2 aromatic rings. The maximum Gasteiger partial charge on any atom is 0.243 e. The summed E-state index contributed by atoms with van der Waals surface area (Å²) in [5, 5.41) is 0.320. The largest absolute Gasteiger partial charge is 0.470 e. The number of aromatic nitrogens is 1. The van der Waals surface area contributed by atoms with Crippen LogP contribution in [0.25, 0.3) is 0 Å². The van der Waals surface area contributed by atoms with Gasteiger partial charge in [-0.1, -0.05) is 11.6 Å². The number of benzene rings is 1. The van der Waals surface area contributed by atoms with Crippen LogP contribution in [-0.4, -0.2) is 36.9 Å². The average molecular weight is 361 g/mol. The summed E-state index contributed by atoms with van der Waals surface area (Å²) in [6.45, 7) is 0.0980. The molecule has 0 saturated carbocycles. The molecule has 0 aliphatic carbocycles. The number of halogens is 3. The molecule has 0 amide bonds. The summed E-state index contributed by atoms with van der Waals surface area (Å²) in [7, 11) is -3.96. The van der Waals surface area contributed by atoms with E-state index < -0.39 is 32.7 Å². The van der Waals surface area contributed by atoms with Crippen molar-refractivity contribution in [3.63, 3.8) is 0 Å². The number of pyridine rings is 1. The minimum absolute atomic E-state index is 0.0490. The molecule has 1 saturated heterocycles. The molecule has 9 heteroatoms. The second-order valence-electron chi connectivity index (χ2n) is 4.96. The first-order chi connectivity index (χ1) is 10.9. The summed E-state index contributed by atoms with van der Waals surface area (Å²) in [5.74, 6) is -1.68. The van der Waals surface area contributed by atoms with Gasteiger partial charge < -0.3 is 4.74 Å². The molecular formula is C14H11ClF2N2O3S. The Kier molecular flexibility index (Phi) is 4.22. The lowest BCUT2D eigenvalue weighted by molar-refractivity contribution is 0.0721. The van der Waals surface area contributed by atoms with Crippen LogP contribution in [0.4, 0.5) is 8.78 Å². The highest BCUT2D eigenvalue weighted by Crippen LogP contribution is 2.27. The zero-order valence-electron chi connectivity index (χ0n) is 11.6. The summed E-state index contributed by atoms with van der Waals surface area (Å²) in [4.78, 5) is 3.52. The molecule has 2 heterocycles. The molecule has 23 heavy (non-hydrogen) atoms. The van der Waals surface area contributed by atoms with Crippen LogP contribution in [0, 0.1) is 11.6 Å². The lowest BCUT2D eigenvalue weighted by atomic mass is 10.2. The first-order valence-corrected chi connectivity index (χ1v) is 8.41. The normalized spacial score (nSPS) is 16.1. The lowest BCUT2D eigenvalue weighted by Crippen LogP contribution is -2.56. The van der Waals surface area contributed by atoms with Gasteiger partial charge in [-0.3, -0.25) is 0 Å². The maximum atomic E-state index is 13.2. The van der Waals surface area contributed by atoms with Crippen LogP contribution in [0.15, 0.2) is 41.4 Å². The molecule has 0 atom stereocenters. The van der Waals surface area contributed by atoms with Crippen molar-refractivity contribution in [3.05, 3.63) is 53.2 Å². The topological polar surface area (TPSA) is 59.5 Å². The van der Waals surface area contributed by atoms with E-state index in [4.69, 9.17) is 16.3 Å².